The number of nitrogens with zero attached hydrogens (tertiary/aromatic N) is 1. The van der Waals surface area contributed by atoms with Crippen LogP contribution in [0.25, 0.3) is 21.9 Å². The van der Waals surface area contributed by atoms with Crippen molar-refractivity contribution in [2.24, 2.45) is 0 Å². The molecule has 0 aliphatic rings. The molecular formula is C25H20N2O2S. The number of anilines is 1. The van der Waals surface area contributed by atoms with Crippen LogP contribution in [0.15, 0.2) is 77.3 Å². The molecule has 3 aromatic carbocycles. The van der Waals surface area contributed by atoms with Gasteiger partial charge in [-0.05, 0) is 41.8 Å². The summed E-state index contributed by atoms with van der Waals surface area (Å²) in [7, 11) is 0. The topological polar surface area (TPSA) is 55.1 Å². The summed E-state index contributed by atoms with van der Waals surface area (Å²) in [5.74, 6) is -0.171. The third kappa shape index (κ3) is 3.60. The Morgan fingerprint density at radius 1 is 0.967 bits per heavy atom. The second-order valence-electron chi connectivity index (χ2n) is 7.24. The normalized spacial score (nSPS) is 11.2. The lowest BCUT2D eigenvalue weighted by Crippen LogP contribution is -2.11. The second kappa shape index (κ2) is 7.76. The summed E-state index contributed by atoms with van der Waals surface area (Å²) in [5, 5.41) is 5.48. The van der Waals surface area contributed by atoms with E-state index >= 15 is 0 Å². The first-order valence-electron chi connectivity index (χ1n) is 9.95. The van der Waals surface area contributed by atoms with Crippen LogP contribution in [0.5, 0.6) is 0 Å². The summed E-state index contributed by atoms with van der Waals surface area (Å²) in [6, 6.07) is 22.0. The summed E-state index contributed by atoms with van der Waals surface area (Å²) in [5.41, 5.74) is 4.75. The van der Waals surface area contributed by atoms with E-state index in [-0.39, 0.29) is 5.91 Å². The maximum atomic E-state index is 12.8. The molecule has 0 saturated carbocycles. The maximum absolute atomic E-state index is 12.8. The Morgan fingerprint density at radius 3 is 2.57 bits per heavy atom. The predicted octanol–water partition coefficient (Wildman–Crippen LogP) is 6.45. The van der Waals surface area contributed by atoms with Crippen LogP contribution in [-0.4, -0.2) is 10.9 Å². The van der Waals surface area contributed by atoms with Gasteiger partial charge in [-0.25, -0.2) is 4.98 Å². The van der Waals surface area contributed by atoms with Crippen molar-refractivity contribution >= 4 is 44.3 Å². The SMILES string of the molecule is CCc1ccc(Cc2cnc(NC(=O)c3ccc4oc5ccccc5c4c3)s2)cc1. The quantitative estimate of drug-likeness (QED) is 0.361. The van der Waals surface area contributed by atoms with Gasteiger partial charge in [0.25, 0.3) is 5.91 Å². The summed E-state index contributed by atoms with van der Waals surface area (Å²) < 4.78 is 5.84. The van der Waals surface area contributed by atoms with Gasteiger partial charge in [0, 0.05) is 33.8 Å². The smallest absolute Gasteiger partial charge is 0.257 e. The number of nitrogens with one attached hydrogen (secondary N) is 1. The molecule has 1 amide bonds. The van der Waals surface area contributed by atoms with Crippen molar-refractivity contribution in [1.29, 1.82) is 0 Å². The number of benzene rings is 3. The fourth-order valence-corrected chi connectivity index (χ4v) is 4.42. The monoisotopic (exact) mass is 412 g/mol. The van der Waals surface area contributed by atoms with Gasteiger partial charge in [-0.15, -0.1) is 11.3 Å². The van der Waals surface area contributed by atoms with Crippen molar-refractivity contribution in [3.63, 3.8) is 0 Å². The molecule has 0 aliphatic heterocycles. The molecular weight excluding hydrogens is 392 g/mol. The number of rotatable bonds is 5. The van der Waals surface area contributed by atoms with Crippen LogP contribution in [-0.2, 0) is 12.8 Å². The molecule has 5 heteroatoms. The zero-order valence-corrected chi connectivity index (χ0v) is 17.3. The first kappa shape index (κ1) is 18.6. The zero-order chi connectivity index (χ0) is 20.5. The molecule has 5 aromatic rings. The fourth-order valence-electron chi connectivity index (χ4n) is 3.58. The first-order chi connectivity index (χ1) is 14.7. The van der Waals surface area contributed by atoms with E-state index in [9.17, 15) is 4.79 Å². The van der Waals surface area contributed by atoms with E-state index in [1.165, 1.54) is 22.5 Å². The van der Waals surface area contributed by atoms with Crippen LogP contribution in [0.4, 0.5) is 5.13 Å². The average molecular weight is 413 g/mol. The number of hydrogen-bond acceptors (Lipinski definition) is 4. The fraction of sp³-hybridized carbons (Fsp3) is 0.120. The maximum Gasteiger partial charge on any atom is 0.257 e. The Bertz CT molecular complexity index is 1350. The summed E-state index contributed by atoms with van der Waals surface area (Å²) >= 11 is 1.51. The van der Waals surface area contributed by atoms with Gasteiger partial charge < -0.3 is 4.42 Å². The molecule has 5 rings (SSSR count). The minimum Gasteiger partial charge on any atom is -0.456 e. The molecule has 0 atom stereocenters. The minimum atomic E-state index is -0.171. The van der Waals surface area contributed by atoms with Gasteiger partial charge >= 0.3 is 0 Å². The van der Waals surface area contributed by atoms with Crippen molar-refractivity contribution in [2.75, 3.05) is 5.32 Å². The van der Waals surface area contributed by atoms with Crippen LogP contribution in [0, 0.1) is 0 Å². The molecule has 0 spiro atoms. The Balaban J connectivity index is 1.33. The molecule has 0 radical (unpaired) electrons. The number of aryl methyl sites for hydroxylation is 1. The number of carbonyl (C=O) groups excluding carboxylic acids is 1. The van der Waals surface area contributed by atoms with Gasteiger partial charge in [-0.3, -0.25) is 10.1 Å². The lowest BCUT2D eigenvalue weighted by atomic mass is 10.1. The number of amides is 1. The van der Waals surface area contributed by atoms with E-state index in [1.54, 1.807) is 6.07 Å². The highest BCUT2D eigenvalue weighted by molar-refractivity contribution is 7.15. The molecule has 148 valence electrons. The van der Waals surface area contributed by atoms with Crippen LogP contribution in [0.3, 0.4) is 0 Å². The predicted molar refractivity (Wildman–Crippen MR) is 122 cm³/mol. The minimum absolute atomic E-state index is 0.171. The van der Waals surface area contributed by atoms with E-state index in [0.29, 0.717) is 10.7 Å². The average Bonchev–Trinajstić information content (AvgIpc) is 3.37. The number of thiazole rings is 1. The molecule has 0 fully saturated rings. The molecule has 30 heavy (non-hydrogen) atoms. The van der Waals surface area contributed by atoms with Gasteiger partial charge in [0.1, 0.15) is 11.2 Å². The largest absolute Gasteiger partial charge is 0.456 e. The molecule has 4 nitrogen and oxygen atoms in total. The van der Waals surface area contributed by atoms with E-state index in [4.69, 9.17) is 4.42 Å². The number of fused-ring (bicyclic) bond motifs is 3. The number of hydrogen-bond donors (Lipinski definition) is 1. The third-order valence-corrected chi connectivity index (χ3v) is 6.14. The highest BCUT2D eigenvalue weighted by atomic mass is 32.1. The molecule has 2 heterocycles. The van der Waals surface area contributed by atoms with Crippen molar-refractivity contribution in [1.82, 2.24) is 4.98 Å². The number of para-hydroxylation sites is 1. The number of carbonyl (C=O) groups is 1. The lowest BCUT2D eigenvalue weighted by Gasteiger charge is -2.02. The third-order valence-electron chi connectivity index (χ3n) is 5.22. The van der Waals surface area contributed by atoms with Crippen molar-refractivity contribution in [3.05, 3.63) is 94.5 Å². The van der Waals surface area contributed by atoms with E-state index in [2.05, 4.69) is 41.5 Å². The molecule has 0 bridgehead atoms. The molecule has 2 aromatic heterocycles. The molecule has 1 N–H and O–H groups in total. The Morgan fingerprint density at radius 2 is 1.73 bits per heavy atom. The number of aromatic nitrogens is 1. The summed E-state index contributed by atoms with van der Waals surface area (Å²) in [6.07, 6.45) is 3.68. The Kier molecular flexibility index (Phi) is 4.81. The Hall–Kier alpha value is -3.44. The van der Waals surface area contributed by atoms with Crippen LogP contribution in [0.2, 0.25) is 0 Å². The molecule has 0 saturated heterocycles. The van der Waals surface area contributed by atoms with Crippen LogP contribution >= 0.6 is 11.3 Å². The van der Waals surface area contributed by atoms with Crippen molar-refractivity contribution in [2.45, 2.75) is 19.8 Å². The standard InChI is InChI=1S/C25H20N2O2S/c1-2-16-7-9-17(10-8-16)13-19-15-26-25(30-19)27-24(28)18-11-12-23-21(14-18)20-5-3-4-6-22(20)29-23/h3-12,14-15H,2,13H2,1H3,(H,26,27,28). The lowest BCUT2D eigenvalue weighted by molar-refractivity contribution is 0.102. The van der Waals surface area contributed by atoms with Crippen LogP contribution < -0.4 is 5.32 Å². The highest BCUT2D eigenvalue weighted by Crippen LogP contribution is 2.29. The van der Waals surface area contributed by atoms with E-state index in [0.717, 1.165) is 39.7 Å². The molecule has 0 unspecified atom stereocenters. The van der Waals surface area contributed by atoms with Gasteiger partial charge in [0.05, 0.1) is 0 Å². The number of furan rings is 1. The van der Waals surface area contributed by atoms with E-state index in [1.807, 2.05) is 42.6 Å². The van der Waals surface area contributed by atoms with E-state index < -0.39 is 0 Å². The summed E-state index contributed by atoms with van der Waals surface area (Å²) in [6.45, 7) is 2.15. The Labute approximate surface area is 178 Å². The van der Waals surface area contributed by atoms with Gasteiger partial charge in [-0.2, -0.15) is 0 Å². The van der Waals surface area contributed by atoms with Crippen LogP contribution in [0.1, 0.15) is 33.3 Å². The second-order valence-corrected chi connectivity index (χ2v) is 8.36. The first-order valence-corrected chi connectivity index (χ1v) is 10.8. The zero-order valence-electron chi connectivity index (χ0n) is 16.5. The molecule has 0 aliphatic carbocycles. The van der Waals surface area contributed by atoms with Gasteiger partial charge in [-0.1, -0.05) is 49.4 Å². The van der Waals surface area contributed by atoms with Crippen molar-refractivity contribution < 1.29 is 9.21 Å². The van der Waals surface area contributed by atoms with Gasteiger partial charge in [0.15, 0.2) is 5.13 Å². The summed E-state index contributed by atoms with van der Waals surface area (Å²) in [4.78, 5) is 18.3. The van der Waals surface area contributed by atoms with Gasteiger partial charge in [0.2, 0.25) is 0 Å². The highest BCUT2D eigenvalue weighted by Gasteiger charge is 2.13. The van der Waals surface area contributed by atoms with Crippen molar-refractivity contribution in [3.8, 4) is 0 Å².